The molecule has 2 aromatic rings. The second-order valence-corrected chi connectivity index (χ2v) is 3.47. The molecular formula is C11H8ClN3. The Labute approximate surface area is 92.5 Å². The van der Waals surface area contributed by atoms with E-state index in [2.05, 4.69) is 5.10 Å². The van der Waals surface area contributed by atoms with Crippen molar-refractivity contribution in [1.29, 1.82) is 5.26 Å². The molecule has 1 heterocycles. The summed E-state index contributed by atoms with van der Waals surface area (Å²) in [5.41, 5.74) is 1.93. The second kappa shape index (κ2) is 3.76. The number of hydrogen-bond acceptors (Lipinski definition) is 2. The van der Waals surface area contributed by atoms with Crippen molar-refractivity contribution in [2.75, 3.05) is 0 Å². The number of nitriles is 1. The van der Waals surface area contributed by atoms with Crippen LogP contribution >= 0.6 is 11.6 Å². The lowest BCUT2D eigenvalue weighted by Gasteiger charge is -2.01. The zero-order valence-corrected chi connectivity index (χ0v) is 8.86. The molecule has 0 atom stereocenters. The highest BCUT2D eigenvalue weighted by atomic mass is 35.5. The van der Waals surface area contributed by atoms with Gasteiger partial charge in [-0.1, -0.05) is 29.8 Å². The molecule has 2 rings (SSSR count). The van der Waals surface area contributed by atoms with Crippen LogP contribution in [-0.2, 0) is 0 Å². The summed E-state index contributed by atoms with van der Waals surface area (Å²) in [6.07, 6.45) is 0. The third kappa shape index (κ3) is 1.60. The van der Waals surface area contributed by atoms with Gasteiger partial charge in [0.15, 0.2) is 5.15 Å². The topological polar surface area (TPSA) is 41.6 Å². The smallest absolute Gasteiger partial charge is 0.150 e. The van der Waals surface area contributed by atoms with E-state index in [1.165, 1.54) is 0 Å². The standard InChI is InChI=1S/C11H8ClN3/c1-8-10(7-13)11(12)15(14-8)9-5-3-2-4-6-9/h2-6H,1H3. The number of hydrogen-bond donors (Lipinski definition) is 0. The van der Waals surface area contributed by atoms with E-state index < -0.39 is 0 Å². The number of para-hydroxylation sites is 1. The molecule has 0 saturated heterocycles. The van der Waals surface area contributed by atoms with Crippen molar-refractivity contribution in [2.24, 2.45) is 0 Å². The summed E-state index contributed by atoms with van der Waals surface area (Å²) in [6.45, 7) is 1.77. The summed E-state index contributed by atoms with van der Waals surface area (Å²) in [5.74, 6) is 0. The van der Waals surface area contributed by atoms with Crippen molar-refractivity contribution in [2.45, 2.75) is 6.92 Å². The largest absolute Gasteiger partial charge is 0.221 e. The Morgan fingerprint density at radius 3 is 2.53 bits per heavy atom. The summed E-state index contributed by atoms with van der Waals surface area (Å²) in [6, 6.07) is 11.5. The van der Waals surface area contributed by atoms with E-state index in [0.717, 1.165) is 5.69 Å². The Morgan fingerprint density at radius 1 is 1.33 bits per heavy atom. The van der Waals surface area contributed by atoms with Gasteiger partial charge in [0.05, 0.1) is 11.4 Å². The molecular weight excluding hydrogens is 210 g/mol. The van der Waals surface area contributed by atoms with E-state index in [4.69, 9.17) is 16.9 Å². The molecule has 0 N–H and O–H groups in total. The number of aromatic nitrogens is 2. The fraction of sp³-hybridized carbons (Fsp3) is 0.0909. The molecule has 0 bridgehead atoms. The van der Waals surface area contributed by atoms with Crippen molar-refractivity contribution in [3.8, 4) is 11.8 Å². The molecule has 1 aromatic carbocycles. The molecule has 4 heteroatoms. The minimum atomic E-state index is 0.362. The predicted octanol–water partition coefficient (Wildman–Crippen LogP) is 2.71. The molecule has 0 unspecified atom stereocenters. The van der Waals surface area contributed by atoms with E-state index in [-0.39, 0.29) is 0 Å². The molecule has 0 fully saturated rings. The van der Waals surface area contributed by atoms with Crippen molar-refractivity contribution in [3.05, 3.63) is 46.7 Å². The lowest BCUT2D eigenvalue weighted by atomic mass is 10.3. The Balaban J connectivity index is 2.62. The quantitative estimate of drug-likeness (QED) is 0.737. The molecule has 1 aromatic heterocycles. The van der Waals surface area contributed by atoms with Crippen LogP contribution in [0.15, 0.2) is 30.3 Å². The minimum Gasteiger partial charge on any atom is -0.221 e. The molecule has 0 saturated carbocycles. The summed E-state index contributed by atoms with van der Waals surface area (Å²) in [7, 11) is 0. The fourth-order valence-corrected chi connectivity index (χ4v) is 1.68. The Morgan fingerprint density at radius 2 is 2.00 bits per heavy atom. The van der Waals surface area contributed by atoms with Gasteiger partial charge in [0.1, 0.15) is 11.6 Å². The van der Waals surface area contributed by atoms with Gasteiger partial charge in [-0.2, -0.15) is 10.4 Å². The van der Waals surface area contributed by atoms with Crippen LogP contribution in [0.5, 0.6) is 0 Å². The first-order valence-electron chi connectivity index (χ1n) is 4.44. The molecule has 0 amide bonds. The lowest BCUT2D eigenvalue weighted by Crippen LogP contribution is -1.95. The Bertz CT molecular complexity index is 523. The zero-order chi connectivity index (χ0) is 10.8. The van der Waals surface area contributed by atoms with Crippen molar-refractivity contribution in [1.82, 2.24) is 9.78 Å². The van der Waals surface area contributed by atoms with Gasteiger partial charge in [0, 0.05) is 0 Å². The first-order chi connectivity index (χ1) is 7.24. The second-order valence-electron chi connectivity index (χ2n) is 3.11. The van der Waals surface area contributed by atoms with Gasteiger partial charge in [-0.25, -0.2) is 4.68 Å². The van der Waals surface area contributed by atoms with Gasteiger partial charge < -0.3 is 0 Å². The average molecular weight is 218 g/mol. The summed E-state index contributed by atoms with van der Waals surface area (Å²) < 4.78 is 1.56. The van der Waals surface area contributed by atoms with Gasteiger partial charge in [-0.15, -0.1) is 0 Å². The first kappa shape index (κ1) is 9.75. The number of halogens is 1. The van der Waals surface area contributed by atoms with Crippen LogP contribution in [0.3, 0.4) is 0 Å². The van der Waals surface area contributed by atoms with E-state index in [9.17, 15) is 0 Å². The van der Waals surface area contributed by atoms with Crippen LogP contribution in [0, 0.1) is 18.3 Å². The Hall–Kier alpha value is -1.79. The average Bonchev–Trinajstić information content (AvgIpc) is 2.55. The molecule has 0 aliphatic rings. The molecule has 0 radical (unpaired) electrons. The SMILES string of the molecule is Cc1nn(-c2ccccc2)c(Cl)c1C#N. The predicted molar refractivity (Wildman–Crippen MR) is 58.0 cm³/mol. The Kier molecular flexibility index (Phi) is 2.44. The normalized spacial score (nSPS) is 9.93. The summed E-state index contributed by atoms with van der Waals surface area (Å²) in [4.78, 5) is 0. The van der Waals surface area contributed by atoms with Crippen LogP contribution in [0.2, 0.25) is 5.15 Å². The molecule has 0 aliphatic carbocycles. The van der Waals surface area contributed by atoms with Crippen LogP contribution < -0.4 is 0 Å². The monoisotopic (exact) mass is 217 g/mol. The van der Waals surface area contributed by atoms with Crippen LogP contribution in [0.25, 0.3) is 5.69 Å². The van der Waals surface area contributed by atoms with Crippen LogP contribution in [0.1, 0.15) is 11.3 Å². The van der Waals surface area contributed by atoms with E-state index >= 15 is 0 Å². The number of aryl methyl sites for hydroxylation is 1. The third-order valence-corrected chi connectivity index (χ3v) is 2.47. The van der Waals surface area contributed by atoms with Gasteiger partial charge in [-0.05, 0) is 19.1 Å². The van der Waals surface area contributed by atoms with E-state index in [0.29, 0.717) is 16.4 Å². The van der Waals surface area contributed by atoms with Gasteiger partial charge in [0.25, 0.3) is 0 Å². The first-order valence-corrected chi connectivity index (χ1v) is 4.82. The van der Waals surface area contributed by atoms with Gasteiger partial charge in [0.2, 0.25) is 0 Å². The summed E-state index contributed by atoms with van der Waals surface area (Å²) in [5, 5.41) is 13.4. The van der Waals surface area contributed by atoms with Crippen molar-refractivity contribution in [3.63, 3.8) is 0 Å². The van der Waals surface area contributed by atoms with Crippen molar-refractivity contribution >= 4 is 11.6 Å². The van der Waals surface area contributed by atoms with Crippen LogP contribution in [0.4, 0.5) is 0 Å². The van der Waals surface area contributed by atoms with Crippen LogP contribution in [-0.4, -0.2) is 9.78 Å². The van der Waals surface area contributed by atoms with E-state index in [1.807, 2.05) is 36.4 Å². The maximum Gasteiger partial charge on any atom is 0.150 e. The maximum absolute atomic E-state index is 8.87. The lowest BCUT2D eigenvalue weighted by molar-refractivity contribution is 0.863. The number of benzene rings is 1. The highest BCUT2D eigenvalue weighted by Gasteiger charge is 2.13. The zero-order valence-electron chi connectivity index (χ0n) is 8.11. The highest BCUT2D eigenvalue weighted by molar-refractivity contribution is 6.31. The molecule has 15 heavy (non-hydrogen) atoms. The van der Waals surface area contributed by atoms with Gasteiger partial charge in [-0.3, -0.25) is 0 Å². The molecule has 0 spiro atoms. The number of nitrogens with zero attached hydrogens (tertiary/aromatic N) is 3. The number of rotatable bonds is 1. The van der Waals surface area contributed by atoms with Crippen molar-refractivity contribution < 1.29 is 0 Å². The minimum absolute atomic E-state index is 0.362. The fourth-order valence-electron chi connectivity index (χ4n) is 1.37. The molecule has 74 valence electrons. The van der Waals surface area contributed by atoms with Gasteiger partial charge >= 0.3 is 0 Å². The summed E-state index contributed by atoms with van der Waals surface area (Å²) >= 11 is 6.04. The molecule has 3 nitrogen and oxygen atoms in total. The van der Waals surface area contributed by atoms with E-state index in [1.54, 1.807) is 11.6 Å². The third-order valence-electron chi connectivity index (χ3n) is 2.12. The highest BCUT2D eigenvalue weighted by Crippen LogP contribution is 2.22. The maximum atomic E-state index is 8.87. The molecule has 0 aliphatic heterocycles.